The van der Waals surface area contributed by atoms with Crippen LogP contribution < -0.4 is 0 Å². The van der Waals surface area contributed by atoms with E-state index >= 15 is 0 Å². The van der Waals surface area contributed by atoms with Crippen LogP contribution in [0.3, 0.4) is 0 Å². The van der Waals surface area contributed by atoms with Gasteiger partial charge in [-0.25, -0.2) is 26.6 Å². The lowest BCUT2D eigenvalue weighted by atomic mass is 10.1. The van der Waals surface area contributed by atoms with Crippen LogP contribution in [0.4, 0.5) is 13.2 Å². The van der Waals surface area contributed by atoms with Crippen molar-refractivity contribution in [2.45, 2.75) is 11.4 Å². The average molecular weight is 402 g/mol. The fourth-order valence-corrected chi connectivity index (χ4v) is 4.29. The minimum absolute atomic E-state index is 0.0106. The second-order valence-electron chi connectivity index (χ2n) is 6.15. The standard InChI is InChI=1S/C16H17F3N4O3S/c1-21-9-13(20-10-21)27(25,26)23-6-2-5-22(7-8-23)16(24)11-3-4-12(17)15(19)14(11)18/h3-4,9-10H,2,5-8H2,1H3. The number of amides is 1. The normalized spacial score (nSPS) is 16.4. The molecule has 2 heterocycles. The molecule has 1 aromatic carbocycles. The number of halogens is 3. The molecule has 1 amide bonds. The summed E-state index contributed by atoms with van der Waals surface area (Å²) >= 11 is 0. The van der Waals surface area contributed by atoms with E-state index in [-0.39, 0.29) is 31.2 Å². The van der Waals surface area contributed by atoms with Crippen LogP contribution >= 0.6 is 0 Å². The highest BCUT2D eigenvalue weighted by atomic mass is 32.2. The summed E-state index contributed by atoms with van der Waals surface area (Å²) < 4.78 is 68.3. The van der Waals surface area contributed by atoms with E-state index in [1.54, 1.807) is 7.05 Å². The summed E-state index contributed by atoms with van der Waals surface area (Å²) in [7, 11) is -2.17. The third kappa shape index (κ3) is 3.69. The number of sulfonamides is 1. The van der Waals surface area contributed by atoms with E-state index in [2.05, 4.69) is 4.98 Å². The van der Waals surface area contributed by atoms with E-state index < -0.39 is 38.9 Å². The molecule has 11 heteroatoms. The minimum Gasteiger partial charge on any atom is -0.339 e. The summed E-state index contributed by atoms with van der Waals surface area (Å²) in [5.41, 5.74) is -0.588. The zero-order valence-corrected chi connectivity index (χ0v) is 15.2. The Morgan fingerprint density at radius 3 is 2.48 bits per heavy atom. The van der Waals surface area contributed by atoms with Gasteiger partial charge < -0.3 is 9.47 Å². The number of carbonyl (C=O) groups is 1. The molecule has 0 aliphatic carbocycles. The predicted molar refractivity (Wildman–Crippen MR) is 88.8 cm³/mol. The van der Waals surface area contributed by atoms with Gasteiger partial charge in [0, 0.05) is 39.4 Å². The molecule has 3 rings (SSSR count). The Bertz CT molecular complexity index is 977. The smallest absolute Gasteiger partial charge is 0.262 e. The zero-order valence-electron chi connectivity index (χ0n) is 14.4. The molecule has 0 unspecified atom stereocenters. The number of aryl methyl sites for hydroxylation is 1. The number of benzene rings is 1. The third-order valence-corrected chi connectivity index (χ3v) is 6.08. The first-order valence-corrected chi connectivity index (χ1v) is 9.56. The summed E-state index contributed by atoms with van der Waals surface area (Å²) in [4.78, 5) is 17.6. The van der Waals surface area contributed by atoms with Crippen molar-refractivity contribution < 1.29 is 26.4 Å². The molecule has 27 heavy (non-hydrogen) atoms. The average Bonchev–Trinajstić information content (AvgIpc) is 2.92. The van der Waals surface area contributed by atoms with Crippen molar-refractivity contribution in [2.24, 2.45) is 7.05 Å². The van der Waals surface area contributed by atoms with Gasteiger partial charge in [-0.15, -0.1) is 0 Å². The highest BCUT2D eigenvalue weighted by Crippen LogP contribution is 2.20. The largest absolute Gasteiger partial charge is 0.339 e. The Kier molecular flexibility index (Phi) is 5.24. The highest BCUT2D eigenvalue weighted by molar-refractivity contribution is 7.89. The highest BCUT2D eigenvalue weighted by Gasteiger charge is 2.31. The Hall–Kier alpha value is -2.40. The van der Waals surface area contributed by atoms with Crippen LogP contribution in [-0.2, 0) is 17.1 Å². The van der Waals surface area contributed by atoms with Gasteiger partial charge in [0.05, 0.1) is 11.9 Å². The number of rotatable bonds is 3. The lowest BCUT2D eigenvalue weighted by Crippen LogP contribution is -2.37. The monoisotopic (exact) mass is 402 g/mol. The molecule has 0 atom stereocenters. The van der Waals surface area contributed by atoms with Gasteiger partial charge in [0.1, 0.15) is 0 Å². The van der Waals surface area contributed by atoms with Gasteiger partial charge in [-0.05, 0) is 18.6 Å². The van der Waals surface area contributed by atoms with Crippen LogP contribution in [0.1, 0.15) is 16.8 Å². The van der Waals surface area contributed by atoms with Crippen molar-refractivity contribution in [3.63, 3.8) is 0 Å². The maximum Gasteiger partial charge on any atom is 0.262 e. The minimum atomic E-state index is -3.82. The van der Waals surface area contributed by atoms with Gasteiger partial charge in [0.15, 0.2) is 22.5 Å². The number of imidazole rings is 1. The molecule has 0 spiro atoms. The molecule has 0 bridgehead atoms. The Labute approximate surface area is 154 Å². The van der Waals surface area contributed by atoms with Crippen LogP contribution in [0.5, 0.6) is 0 Å². The van der Waals surface area contributed by atoms with Gasteiger partial charge in [-0.2, -0.15) is 4.31 Å². The van der Waals surface area contributed by atoms with E-state index in [0.717, 1.165) is 6.07 Å². The second kappa shape index (κ2) is 7.31. The summed E-state index contributed by atoms with van der Waals surface area (Å²) in [6.45, 7) is 0.285. The maximum atomic E-state index is 13.9. The first-order valence-electron chi connectivity index (χ1n) is 8.12. The van der Waals surface area contributed by atoms with Crippen molar-refractivity contribution in [1.82, 2.24) is 18.8 Å². The van der Waals surface area contributed by atoms with Crippen LogP contribution in [0, 0.1) is 17.5 Å². The summed E-state index contributed by atoms with van der Waals surface area (Å²) in [5, 5.41) is -0.101. The molecule has 1 aromatic heterocycles. The molecule has 1 saturated heterocycles. The molecular formula is C16H17F3N4O3S. The summed E-state index contributed by atoms with van der Waals surface area (Å²) in [5.74, 6) is -5.46. The first-order chi connectivity index (χ1) is 12.7. The quantitative estimate of drug-likeness (QED) is 0.727. The number of nitrogens with zero attached hydrogens (tertiary/aromatic N) is 4. The molecule has 7 nitrogen and oxygen atoms in total. The number of carbonyl (C=O) groups excluding carboxylic acids is 1. The van der Waals surface area contributed by atoms with E-state index in [4.69, 9.17) is 0 Å². The molecular weight excluding hydrogens is 385 g/mol. The van der Waals surface area contributed by atoms with Crippen molar-refractivity contribution in [1.29, 1.82) is 0 Å². The number of aromatic nitrogens is 2. The fourth-order valence-electron chi connectivity index (χ4n) is 2.85. The predicted octanol–water partition coefficient (Wildman–Crippen LogP) is 1.37. The molecule has 146 valence electrons. The van der Waals surface area contributed by atoms with Crippen LogP contribution in [0.2, 0.25) is 0 Å². The molecule has 1 fully saturated rings. The molecule has 0 N–H and O–H groups in total. The molecule has 1 aliphatic heterocycles. The van der Waals surface area contributed by atoms with E-state index in [1.165, 1.54) is 26.3 Å². The van der Waals surface area contributed by atoms with Gasteiger partial charge >= 0.3 is 0 Å². The van der Waals surface area contributed by atoms with Crippen LogP contribution in [0.15, 0.2) is 29.7 Å². The second-order valence-corrected chi connectivity index (χ2v) is 8.03. The van der Waals surface area contributed by atoms with Gasteiger partial charge in [-0.1, -0.05) is 0 Å². The van der Waals surface area contributed by atoms with Crippen molar-refractivity contribution >= 4 is 15.9 Å². The Balaban J connectivity index is 1.77. The van der Waals surface area contributed by atoms with Crippen molar-refractivity contribution in [3.8, 4) is 0 Å². The lowest BCUT2D eigenvalue weighted by Gasteiger charge is -2.21. The SMILES string of the molecule is Cn1cnc(S(=O)(=O)N2CCCN(C(=O)c3ccc(F)c(F)c3F)CC2)c1. The van der Waals surface area contributed by atoms with Crippen LogP contribution in [-0.4, -0.2) is 59.3 Å². The lowest BCUT2D eigenvalue weighted by molar-refractivity contribution is 0.0758. The summed E-state index contributed by atoms with van der Waals surface area (Å²) in [6.07, 6.45) is 3.05. The van der Waals surface area contributed by atoms with E-state index in [1.807, 2.05) is 0 Å². The molecule has 2 aromatic rings. The maximum absolute atomic E-state index is 13.9. The van der Waals surface area contributed by atoms with Crippen molar-refractivity contribution in [3.05, 3.63) is 47.7 Å². The molecule has 1 aliphatic rings. The number of hydrogen-bond donors (Lipinski definition) is 0. The first kappa shape index (κ1) is 19.4. The Morgan fingerprint density at radius 2 is 1.81 bits per heavy atom. The number of hydrogen-bond acceptors (Lipinski definition) is 4. The third-order valence-electron chi connectivity index (χ3n) is 4.29. The van der Waals surface area contributed by atoms with Crippen LogP contribution in [0.25, 0.3) is 0 Å². The zero-order chi connectivity index (χ0) is 19.8. The Morgan fingerprint density at radius 1 is 1.07 bits per heavy atom. The van der Waals surface area contributed by atoms with Gasteiger partial charge in [-0.3, -0.25) is 4.79 Å². The fraction of sp³-hybridized carbons (Fsp3) is 0.375. The topological polar surface area (TPSA) is 75.5 Å². The van der Waals surface area contributed by atoms with E-state index in [9.17, 15) is 26.4 Å². The molecule has 0 saturated carbocycles. The van der Waals surface area contributed by atoms with Gasteiger partial charge in [0.25, 0.3) is 15.9 Å². The summed E-state index contributed by atoms with van der Waals surface area (Å²) in [6, 6.07) is 1.56. The van der Waals surface area contributed by atoms with E-state index in [0.29, 0.717) is 12.5 Å². The van der Waals surface area contributed by atoms with Crippen molar-refractivity contribution in [2.75, 3.05) is 26.2 Å². The molecule has 0 radical (unpaired) electrons. The van der Waals surface area contributed by atoms with Gasteiger partial charge in [0.2, 0.25) is 0 Å².